The van der Waals surface area contributed by atoms with Crippen molar-refractivity contribution in [3.63, 3.8) is 0 Å². The summed E-state index contributed by atoms with van der Waals surface area (Å²) in [5, 5.41) is 8.52. The first kappa shape index (κ1) is 18.5. The average Bonchev–Trinajstić information content (AvgIpc) is 3.22. The summed E-state index contributed by atoms with van der Waals surface area (Å²) in [6, 6.07) is 5.37. The summed E-state index contributed by atoms with van der Waals surface area (Å²) in [5.74, 6) is -0.196. The second-order valence-electron chi connectivity index (χ2n) is 6.32. The maximum atomic E-state index is 12.5. The maximum Gasteiger partial charge on any atom is 0.271 e. The Kier molecular flexibility index (Phi) is 5.95. The molecule has 2 aromatic rings. The quantitative estimate of drug-likeness (QED) is 0.798. The number of pyridine rings is 1. The number of aromatic nitrogens is 2. The number of hydrogen-bond acceptors (Lipinski definition) is 6. The van der Waals surface area contributed by atoms with Crippen LogP contribution < -0.4 is 10.6 Å². The van der Waals surface area contributed by atoms with Crippen LogP contribution in [0.4, 0.5) is 0 Å². The van der Waals surface area contributed by atoms with Gasteiger partial charge in [-0.1, -0.05) is 6.07 Å². The molecule has 1 aliphatic rings. The molecule has 0 aliphatic carbocycles. The zero-order chi connectivity index (χ0) is 18.5. The van der Waals surface area contributed by atoms with Crippen molar-refractivity contribution in [3.05, 3.63) is 46.2 Å². The van der Waals surface area contributed by atoms with Gasteiger partial charge in [0.05, 0.1) is 16.7 Å². The third-order valence-corrected chi connectivity index (χ3v) is 5.11. The van der Waals surface area contributed by atoms with E-state index in [1.807, 2.05) is 32.0 Å². The van der Waals surface area contributed by atoms with Crippen LogP contribution in [0.3, 0.4) is 0 Å². The monoisotopic (exact) mass is 373 g/mol. The zero-order valence-electron chi connectivity index (χ0n) is 14.9. The van der Waals surface area contributed by atoms with Gasteiger partial charge in [-0.15, -0.1) is 11.3 Å². The highest BCUT2D eigenvalue weighted by Crippen LogP contribution is 2.21. The minimum Gasteiger partial charge on any atom is -0.355 e. The summed E-state index contributed by atoms with van der Waals surface area (Å²) in [6.45, 7) is 5.54. The Hall–Kier alpha value is -2.32. The lowest BCUT2D eigenvalue weighted by Crippen LogP contribution is -2.42. The maximum absolute atomic E-state index is 12.5. The molecular formula is C18H23N5O2S. The molecule has 2 N–H and O–H groups in total. The largest absolute Gasteiger partial charge is 0.355 e. The van der Waals surface area contributed by atoms with Gasteiger partial charge in [0.2, 0.25) is 5.91 Å². The van der Waals surface area contributed by atoms with Gasteiger partial charge < -0.3 is 10.6 Å². The second kappa shape index (κ2) is 8.37. The lowest BCUT2D eigenvalue weighted by Gasteiger charge is -2.22. The zero-order valence-corrected chi connectivity index (χ0v) is 15.8. The number of rotatable bonds is 6. The summed E-state index contributed by atoms with van der Waals surface area (Å²) in [4.78, 5) is 35.5. The lowest BCUT2D eigenvalue weighted by atomic mass is 10.1. The summed E-state index contributed by atoms with van der Waals surface area (Å²) < 4.78 is 0. The molecule has 3 rings (SSSR count). The molecule has 1 saturated heterocycles. The smallest absolute Gasteiger partial charge is 0.271 e. The van der Waals surface area contributed by atoms with Crippen molar-refractivity contribution in [1.29, 1.82) is 0 Å². The number of likely N-dealkylation sites (tertiary alicyclic amines) is 1. The molecule has 0 spiro atoms. The van der Waals surface area contributed by atoms with Crippen LogP contribution in [0.15, 0.2) is 29.8 Å². The van der Waals surface area contributed by atoms with E-state index in [-0.39, 0.29) is 23.9 Å². The van der Waals surface area contributed by atoms with Gasteiger partial charge in [-0.25, -0.2) is 4.98 Å². The van der Waals surface area contributed by atoms with Gasteiger partial charge in [-0.05, 0) is 32.4 Å². The van der Waals surface area contributed by atoms with Crippen molar-refractivity contribution >= 4 is 23.2 Å². The van der Waals surface area contributed by atoms with Crippen LogP contribution in [0.25, 0.3) is 0 Å². The van der Waals surface area contributed by atoms with Crippen molar-refractivity contribution < 1.29 is 9.59 Å². The van der Waals surface area contributed by atoms with Gasteiger partial charge in [0.25, 0.3) is 5.91 Å². The summed E-state index contributed by atoms with van der Waals surface area (Å²) in [6.07, 6.45) is 2.32. The summed E-state index contributed by atoms with van der Waals surface area (Å²) in [5.41, 5.74) is 1.34. The Bertz CT molecular complexity index is 764. The van der Waals surface area contributed by atoms with Crippen LogP contribution in [0.1, 0.15) is 34.5 Å². The lowest BCUT2D eigenvalue weighted by molar-refractivity contribution is -0.125. The predicted molar refractivity (Wildman–Crippen MR) is 99.8 cm³/mol. The van der Waals surface area contributed by atoms with E-state index < -0.39 is 0 Å². The van der Waals surface area contributed by atoms with E-state index in [0.29, 0.717) is 31.7 Å². The molecule has 0 radical (unpaired) electrons. The summed E-state index contributed by atoms with van der Waals surface area (Å²) >= 11 is 1.45. The number of carbonyl (C=O) groups is 2. The second-order valence-corrected chi connectivity index (χ2v) is 7.38. The van der Waals surface area contributed by atoms with E-state index in [1.54, 1.807) is 11.6 Å². The molecule has 26 heavy (non-hydrogen) atoms. The number of thiazole rings is 1. The standard InChI is InChI=1S/C18H23N5O2S/c1-3-19-18(25)16-8-14(22-17(24)15-11-26-12(2)21-15)10-23(16)9-13-6-4-5-7-20-13/h4-7,11,14,16H,3,8-10H2,1-2H3,(H,19,25)(H,22,24). The molecule has 2 unspecified atom stereocenters. The van der Waals surface area contributed by atoms with Crippen molar-refractivity contribution in [1.82, 2.24) is 25.5 Å². The third-order valence-electron chi connectivity index (χ3n) is 4.34. The van der Waals surface area contributed by atoms with Crippen LogP contribution in [0, 0.1) is 6.92 Å². The number of likely N-dealkylation sites (N-methyl/N-ethyl adjacent to an activating group) is 1. The van der Waals surface area contributed by atoms with Crippen LogP contribution in [0.5, 0.6) is 0 Å². The first-order valence-corrected chi connectivity index (χ1v) is 9.59. The molecule has 2 amide bonds. The fourth-order valence-electron chi connectivity index (χ4n) is 3.17. The highest BCUT2D eigenvalue weighted by molar-refractivity contribution is 7.09. The number of hydrogen-bond donors (Lipinski definition) is 2. The molecule has 1 aliphatic heterocycles. The normalized spacial score (nSPS) is 20.1. The van der Waals surface area contributed by atoms with Crippen LogP contribution >= 0.6 is 11.3 Å². The number of nitrogens with zero attached hydrogens (tertiary/aromatic N) is 3. The molecule has 2 aromatic heterocycles. The van der Waals surface area contributed by atoms with E-state index in [1.165, 1.54) is 11.3 Å². The fraction of sp³-hybridized carbons (Fsp3) is 0.444. The first-order chi connectivity index (χ1) is 12.6. The number of aryl methyl sites for hydroxylation is 1. The van der Waals surface area contributed by atoms with E-state index in [0.717, 1.165) is 10.7 Å². The Morgan fingerprint density at radius 1 is 1.38 bits per heavy atom. The molecule has 0 saturated carbocycles. The topological polar surface area (TPSA) is 87.2 Å². The third kappa shape index (κ3) is 4.44. The molecule has 8 heteroatoms. The highest BCUT2D eigenvalue weighted by atomic mass is 32.1. The van der Waals surface area contributed by atoms with Gasteiger partial charge in [0.1, 0.15) is 5.69 Å². The SMILES string of the molecule is CCNC(=O)C1CC(NC(=O)c2csc(C)n2)CN1Cc1ccccn1. The minimum absolute atomic E-state index is 0.00955. The van der Waals surface area contributed by atoms with Crippen molar-refractivity contribution in [3.8, 4) is 0 Å². The molecule has 7 nitrogen and oxygen atoms in total. The minimum atomic E-state index is -0.278. The van der Waals surface area contributed by atoms with E-state index >= 15 is 0 Å². The molecule has 3 heterocycles. The van der Waals surface area contributed by atoms with Gasteiger partial charge in [0.15, 0.2) is 0 Å². The van der Waals surface area contributed by atoms with Gasteiger partial charge >= 0.3 is 0 Å². The van der Waals surface area contributed by atoms with Crippen molar-refractivity contribution in [2.75, 3.05) is 13.1 Å². The molecular weight excluding hydrogens is 350 g/mol. The van der Waals surface area contributed by atoms with Gasteiger partial charge in [0, 0.05) is 37.3 Å². The van der Waals surface area contributed by atoms with E-state index in [2.05, 4.69) is 25.5 Å². The predicted octanol–water partition coefficient (Wildman–Crippen LogP) is 1.36. The average molecular weight is 373 g/mol. The Balaban J connectivity index is 1.68. The van der Waals surface area contributed by atoms with Crippen molar-refractivity contribution in [2.45, 2.75) is 38.9 Å². The van der Waals surface area contributed by atoms with Crippen LogP contribution in [0.2, 0.25) is 0 Å². The summed E-state index contributed by atoms with van der Waals surface area (Å²) in [7, 11) is 0. The molecule has 2 atom stereocenters. The highest BCUT2D eigenvalue weighted by Gasteiger charge is 2.37. The van der Waals surface area contributed by atoms with E-state index in [9.17, 15) is 9.59 Å². The number of carbonyl (C=O) groups excluding carboxylic acids is 2. The van der Waals surface area contributed by atoms with Crippen LogP contribution in [-0.4, -0.2) is 51.9 Å². The molecule has 1 fully saturated rings. The Morgan fingerprint density at radius 3 is 2.88 bits per heavy atom. The number of nitrogens with one attached hydrogen (secondary N) is 2. The first-order valence-electron chi connectivity index (χ1n) is 8.71. The molecule has 0 aromatic carbocycles. The number of amides is 2. The molecule has 138 valence electrons. The van der Waals surface area contributed by atoms with E-state index in [4.69, 9.17) is 0 Å². The molecule has 0 bridgehead atoms. The van der Waals surface area contributed by atoms with Crippen molar-refractivity contribution in [2.24, 2.45) is 0 Å². The van der Waals surface area contributed by atoms with Crippen LogP contribution in [-0.2, 0) is 11.3 Å². The van der Waals surface area contributed by atoms with Gasteiger partial charge in [-0.2, -0.15) is 0 Å². The Labute approximate surface area is 156 Å². The fourth-order valence-corrected chi connectivity index (χ4v) is 3.77. The Morgan fingerprint density at radius 2 is 2.23 bits per heavy atom. The van der Waals surface area contributed by atoms with Gasteiger partial charge in [-0.3, -0.25) is 19.5 Å².